The van der Waals surface area contributed by atoms with Crippen LogP contribution in [0.15, 0.2) is 47.4 Å². The van der Waals surface area contributed by atoms with Crippen LogP contribution in [0.5, 0.6) is 5.75 Å². The van der Waals surface area contributed by atoms with Crippen LogP contribution in [0, 0.1) is 0 Å². The van der Waals surface area contributed by atoms with Crippen LogP contribution in [0.25, 0.3) is 0 Å². The molecule has 22 heavy (non-hydrogen) atoms. The van der Waals surface area contributed by atoms with Gasteiger partial charge in [-0.3, -0.25) is 0 Å². The van der Waals surface area contributed by atoms with Crippen LogP contribution in [-0.4, -0.2) is 15.0 Å². The molecule has 1 unspecified atom stereocenters. The van der Waals surface area contributed by atoms with Crippen molar-refractivity contribution in [3.63, 3.8) is 0 Å². The number of hydrogen-bond acceptors (Lipinski definition) is 3. The maximum atomic E-state index is 12.5. The fourth-order valence-electron chi connectivity index (χ4n) is 2.40. The van der Waals surface area contributed by atoms with E-state index in [1.165, 1.54) is 18.2 Å². The zero-order valence-electron chi connectivity index (χ0n) is 11.4. The molecule has 1 atom stereocenters. The fraction of sp³-hybridized carbons (Fsp3) is 0.200. The van der Waals surface area contributed by atoms with Crippen molar-refractivity contribution in [2.75, 3.05) is 6.61 Å². The summed E-state index contributed by atoms with van der Waals surface area (Å²) in [5.74, 6) is 0.700. The fourth-order valence-corrected chi connectivity index (χ4v) is 4.38. The molecule has 0 saturated heterocycles. The zero-order valence-corrected chi connectivity index (χ0v) is 13.8. The summed E-state index contributed by atoms with van der Waals surface area (Å²) < 4.78 is 33.3. The summed E-state index contributed by atoms with van der Waals surface area (Å²) in [4.78, 5) is 0.0500. The number of sulfonamides is 1. The zero-order chi connectivity index (χ0) is 15.7. The van der Waals surface area contributed by atoms with Gasteiger partial charge < -0.3 is 4.74 Å². The minimum Gasteiger partial charge on any atom is -0.493 e. The van der Waals surface area contributed by atoms with Crippen molar-refractivity contribution in [3.05, 3.63) is 58.1 Å². The molecule has 2 aromatic carbocycles. The van der Waals surface area contributed by atoms with Crippen molar-refractivity contribution >= 4 is 33.2 Å². The summed E-state index contributed by atoms with van der Waals surface area (Å²) in [6.07, 6.45) is 0.560. The van der Waals surface area contributed by atoms with Gasteiger partial charge in [-0.25, -0.2) is 13.1 Å². The quantitative estimate of drug-likeness (QED) is 0.908. The molecule has 3 rings (SSSR count). The Labute approximate surface area is 139 Å². The van der Waals surface area contributed by atoms with E-state index in [4.69, 9.17) is 27.9 Å². The Bertz CT molecular complexity index is 788. The third-order valence-corrected chi connectivity index (χ3v) is 5.29. The molecule has 1 aliphatic heterocycles. The molecule has 0 fully saturated rings. The summed E-state index contributed by atoms with van der Waals surface area (Å²) in [5, 5.41) is 0.556. The lowest BCUT2D eigenvalue weighted by atomic mass is 10.0. The molecule has 0 aromatic heterocycles. The molecule has 0 bridgehead atoms. The molecule has 0 amide bonds. The first kappa shape index (κ1) is 15.6. The van der Waals surface area contributed by atoms with Crippen molar-refractivity contribution in [2.45, 2.75) is 17.4 Å². The molecule has 0 radical (unpaired) electrons. The van der Waals surface area contributed by atoms with Gasteiger partial charge in [0.2, 0.25) is 10.0 Å². The Morgan fingerprint density at radius 3 is 2.50 bits per heavy atom. The van der Waals surface area contributed by atoms with E-state index >= 15 is 0 Å². The first-order chi connectivity index (χ1) is 10.5. The topological polar surface area (TPSA) is 55.4 Å². The van der Waals surface area contributed by atoms with E-state index < -0.39 is 10.0 Å². The molecular weight excluding hydrogens is 345 g/mol. The van der Waals surface area contributed by atoms with Crippen LogP contribution < -0.4 is 9.46 Å². The van der Waals surface area contributed by atoms with Crippen LogP contribution in [0.4, 0.5) is 0 Å². The Kier molecular flexibility index (Phi) is 4.32. The van der Waals surface area contributed by atoms with Gasteiger partial charge in [0.05, 0.1) is 17.5 Å². The van der Waals surface area contributed by atoms with E-state index in [1.54, 1.807) is 0 Å². The average molecular weight is 358 g/mol. The lowest BCUT2D eigenvalue weighted by Crippen LogP contribution is -2.32. The number of benzene rings is 2. The van der Waals surface area contributed by atoms with E-state index in [2.05, 4.69) is 4.72 Å². The van der Waals surface area contributed by atoms with Crippen LogP contribution >= 0.6 is 23.2 Å². The SMILES string of the molecule is O=S(=O)(NC1CCOc2ccccc21)c1cc(Cl)cc(Cl)c1. The number of halogens is 2. The first-order valence-electron chi connectivity index (χ1n) is 6.66. The third-order valence-electron chi connectivity index (χ3n) is 3.40. The predicted molar refractivity (Wildman–Crippen MR) is 86.1 cm³/mol. The van der Waals surface area contributed by atoms with E-state index in [-0.39, 0.29) is 21.0 Å². The number of hydrogen-bond donors (Lipinski definition) is 1. The van der Waals surface area contributed by atoms with E-state index in [0.717, 1.165) is 5.56 Å². The first-order valence-corrected chi connectivity index (χ1v) is 8.90. The summed E-state index contributed by atoms with van der Waals surface area (Å²) >= 11 is 11.8. The maximum absolute atomic E-state index is 12.5. The molecule has 0 saturated carbocycles. The van der Waals surface area contributed by atoms with Gasteiger partial charge in [0, 0.05) is 22.0 Å². The van der Waals surface area contributed by atoms with E-state index in [1.807, 2.05) is 24.3 Å². The number of ether oxygens (including phenoxy) is 1. The van der Waals surface area contributed by atoms with Crippen molar-refractivity contribution in [1.29, 1.82) is 0 Å². The van der Waals surface area contributed by atoms with Gasteiger partial charge in [0.25, 0.3) is 0 Å². The van der Waals surface area contributed by atoms with Gasteiger partial charge in [-0.2, -0.15) is 0 Å². The summed E-state index contributed by atoms with van der Waals surface area (Å²) in [6, 6.07) is 11.3. The second kappa shape index (κ2) is 6.08. The highest BCUT2D eigenvalue weighted by atomic mass is 35.5. The monoisotopic (exact) mass is 357 g/mol. The van der Waals surface area contributed by atoms with Gasteiger partial charge in [-0.15, -0.1) is 0 Å². The molecule has 7 heteroatoms. The van der Waals surface area contributed by atoms with Gasteiger partial charge in [0.15, 0.2) is 0 Å². The normalized spacial score (nSPS) is 17.6. The molecular formula is C15H13Cl2NO3S. The third kappa shape index (κ3) is 3.22. The van der Waals surface area contributed by atoms with Crippen molar-refractivity contribution < 1.29 is 13.2 Å². The average Bonchev–Trinajstić information content (AvgIpc) is 2.46. The Morgan fingerprint density at radius 1 is 1.09 bits per heavy atom. The van der Waals surface area contributed by atoms with Crippen molar-refractivity contribution in [1.82, 2.24) is 4.72 Å². The van der Waals surface area contributed by atoms with Crippen LogP contribution in [-0.2, 0) is 10.0 Å². The highest BCUT2D eigenvalue weighted by Gasteiger charge is 2.26. The summed E-state index contributed by atoms with van der Waals surface area (Å²) in [5.41, 5.74) is 0.824. The van der Waals surface area contributed by atoms with E-state index in [0.29, 0.717) is 18.8 Å². The maximum Gasteiger partial charge on any atom is 0.241 e. The van der Waals surface area contributed by atoms with Crippen LogP contribution in [0.3, 0.4) is 0 Å². The predicted octanol–water partition coefficient (Wildman–Crippen LogP) is 3.80. The second-order valence-corrected chi connectivity index (χ2v) is 7.54. The largest absolute Gasteiger partial charge is 0.493 e. The van der Waals surface area contributed by atoms with Gasteiger partial charge >= 0.3 is 0 Å². The molecule has 4 nitrogen and oxygen atoms in total. The molecule has 0 aliphatic carbocycles. The Hall–Kier alpha value is -1.27. The van der Waals surface area contributed by atoms with Crippen molar-refractivity contribution in [3.8, 4) is 5.75 Å². The Balaban J connectivity index is 1.93. The lowest BCUT2D eigenvalue weighted by molar-refractivity contribution is 0.263. The highest BCUT2D eigenvalue weighted by Crippen LogP contribution is 2.33. The van der Waals surface area contributed by atoms with E-state index in [9.17, 15) is 8.42 Å². The van der Waals surface area contributed by atoms with Crippen LogP contribution in [0.2, 0.25) is 10.0 Å². The summed E-state index contributed by atoms with van der Waals surface area (Å²) in [7, 11) is -3.72. The standard InChI is InChI=1S/C15H13Cl2NO3S/c16-10-7-11(17)9-12(8-10)22(19,20)18-14-5-6-21-15-4-2-1-3-13(14)15/h1-4,7-9,14,18H,5-6H2. The summed E-state index contributed by atoms with van der Waals surface area (Å²) in [6.45, 7) is 0.459. The molecule has 2 aromatic rings. The smallest absolute Gasteiger partial charge is 0.241 e. The highest BCUT2D eigenvalue weighted by molar-refractivity contribution is 7.89. The number of para-hydroxylation sites is 1. The number of fused-ring (bicyclic) bond motifs is 1. The lowest BCUT2D eigenvalue weighted by Gasteiger charge is -2.26. The second-order valence-electron chi connectivity index (χ2n) is 4.95. The van der Waals surface area contributed by atoms with Crippen molar-refractivity contribution in [2.24, 2.45) is 0 Å². The number of nitrogens with one attached hydrogen (secondary N) is 1. The molecule has 0 spiro atoms. The van der Waals surface area contributed by atoms with Crippen LogP contribution in [0.1, 0.15) is 18.0 Å². The molecule has 116 valence electrons. The minimum atomic E-state index is -3.72. The Morgan fingerprint density at radius 2 is 1.77 bits per heavy atom. The minimum absolute atomic E-state index is 0.0500. The molecule has 1 aliphatic rings. The number of rotatable bonds is 3. The van der Waals surface area contributed by atoms with Gasteiger partial charge in [-0.1, -0.05) is 41.4 Å². The van der Waals surface area contributed by atoms with Gasteiger partial charge in [-0.05, 0) is 24.3 Å². The van der Waals surface area contributed by atoms with Gasteiger partial charge in [0.1, 0.15) is 5.75 Å². The molecule has 1 N–H and O–H groups in total. The molecule has 1 heterocycles.